The molecule has 0 unspecified atom stereocenters. The molecule has 2 saturated carbocycles. The number of benzene rings is 2. The van der Waals surface area contributed by atoms with E-state index in [1.165, 1.54) is 0 Å². The highest BCUT2D eigenvalue weighted by Gasteiger charge is 2.25. The Labute approximate surface area is 235 Å². The third-order valence-electron chi connectivity index (χ3n) is 6.76. The van der Waals surface area contributed by atoms with Gasteiger partial charge >= 0.3 is 23.9 Å². The molecule has 0 radical (unpaired) electrons. The molecule has 8 nitrogen and oxygen atoms in total. The van der Waals surface area contributed by atoms with E-state index < -0.39 is 11.9 Å². The second-order valence-electron chi connectivity index (χ2n) is 9.72. The Morgan fingerprint density at radius 1 is 0.600 bits per heavy atom. The molecule has 0 spiro atoms. The van der Waals surface area contributed by atoms with Gasteiger partial charge in [-0.3, -0.25) is 9.59 Å². The van der Waals surface area contributed by atoms with Crippen molar-refractivity contribution in [2.45, 2.75) is 64.6 Å². The molecule has 4 rings (SSSR count). The molecular weight excluding hydrogens is 512 g/mol. The summed E-state index contributed by atoms with van der Waals surface area (Å²) >= 11 is 0. The number of esters is 4. The van der Waals surface area contributed by atoms with Gasteiger partial charge in [-0.05, 0) is 61.1 Å². The summed E-state index contributed by atoms with van der Waals surface area (Å²) in [6.07, 6.45) is 10.4. The highest BCUT2D eigenvalue weighted by Crippen LogP contribution is 2.27. The monoisotopic (exact) mass is 548 g/mol. The summed E-state index contributed by atoms with van der Waals surface area (Å²) in [5, 5.41) is 0. The highest BCUT2D eigenvalue weighted by molar-refractivity contribution is 5.81. The predicted octanol–water partition coefficient (Wildman–Crippen LogP) is 6.02. The normalized spacial score (nSPS) is 14.8. The smallest absolute Gasteiger partial charge is 0.330 e. The third-order valence-corrected chi connectivity index (χ3v) is 6.76. The first-order valence-electron chi connectivity index (χ1n) is 13.6. The topological polar surface area (TPSA) is 105 Å². The van der Waals surface area contributed by atoms with Gasteiger partial charge in [-0.2, -0.15) is 0 Å². The lowest BCUT2D eigenvalue weighted by Gasteiger charge is -2.09. The van der Waals surface area contributed by atoms with E-state index in [-0.39, 0.29) is 37.0 Å². The second kappa shape index (κ2) is 16.0. The number of ether oxygens (including phenoxy) is 4. The van der Waals surface area contributed by atoms with Gasteiger partial charge in [-0.25, -0.2) is 9.59 Å². The quantitative estimate of drug-likeness (QED) is 0.202. The van der Waals surface area contributed by atoms with E-state index in [1.807, 2.05) is 0 Å². The summed E-state index contributed by atoms with van der Waals surface area (Å²) < 4.78 is 20.5. The first-order chi connectivity index (χ1) is 19.4. The fourth-order valence-electron chi connectivity index (χ4n) is 4.46. The summed E-state index contributed by atoms with van der Waals surface area (Å²) in [7, 11) is 0. The summed E-state index contributed by atoms with van der Waals surface area (Å²) in [5.74, 6) is -0.0574. The van der Waals surface area contributed by atoms with Crippen molar-refractivity contribution >= 4 is 23.9 Å². The Morgan fingerprint density at radius 2 is 0.925 bits per heavy atom. The molecule has 2 fully saturated rings. The molecule has 0 heterocycles. The molecule has 40 heavy (non-hydrogen) atoms. The average molecular weight is 549 g/mol. The molecule has 0 saturated heterocycles. The number of carbonyl (C=O) groups is 4. The molecule has 2 aromatic rings. The Balaban J connectivity index is 0.000000220. The Kier molecular flexibility index (Phi) is 12.2. The first-order valence-corrected chi connectivity index (χ1v) is 13.6. The molecule has 212 valence electrons. The van der Waals surface area contributed by atoms with Crippen LogP contribution < -0.4 is 9.47 Å². The van der Waals surface area contributed by atoms with Crippen LogP contribution in [0.4, 0.5) is 0 Å². The van der Waals surface area contributed by atoms with Crippen LogP contribution in [-0.4, -0.2) is 23.9 Å². The van der Waals surface area contributed by atoms with Crippen LogP contribution in [-0.2, 0) is 41.9 Å². The Morgan fingerprint density at radius 3 is 1.23 bits per heavy atom. The maximum atomic E-state index is 11.9. The minimum Gasteiger partial charge on any atom is -0.458 e. The standard InChI is InChI=1S/2C16H18O4/c2*1-2-15(17)19-11-12-7-9-14(10-8-12)20-16(18)13-5-3-4-6-13/h2*2,7-10,13H,1,3-6,11H2. The van der Waals surface area contributed by atoms with Crippen LogP contribution in [0.25, 0.3) is 0 Å². The van der Waals surface area contributed by atoms with Gasteiger partial charge in [-0.15, -0.1) is 0 Å². The van der Waals surface area contributed by atoms with E-state index in [1.54, 1.807) is 48.5 Å². The van der Waals surface area contributed by atoms with E-state index in [0.29, 0.717) is 11.5 Å². The van der Waals surface area contributed by atoms with Crippen molar-refractivity contribution in [3.63, 3.8) is 0 Å². The van der Waals surface area contributed by atoms with Crippen molar-refractivity contribution in [1.82, 2.24) is 0 Å². The molecule has 2 aliphatic rings. The number of hydrogen-bond acceptors (Lipinski definition) is 8. The molecule has 2 aliphatic carbocycles. The lowest BCUT2D eigenvalue weighted by Crippen LogP contribution is -2.17. The van der Waals surface area contributed by atoms with Gasteiger partial charge in [0.05, 0.1) is 11.8 Å². The van der Waals surface area contributed by atoms with Gasteiger partial charge in [0, 0.05) is 12.2 Å². The van der Waals surface area contributed by atoms with E-state index in [2.05, 4.69) is 13.2 Å². The van der Waals surface area contributed by atoms with Crippen molar-refractivity contribution in [3.05, 3.63) is 85.0 Å². The van der Waals surface area contributed by atoms with E-state index in [0.717, 1.165) is 74.6 Å². The Bertz CT molecular complexity index is 1060. The minimum atomic E-state index is -0.457. The lowest BCUT2D eigenvalue weighted by molar-refractivity contribution is -0.139. The molecule has 2 aromatic carbocycles. The van der Waals surface area contributed by atoms with Crippen molar-refractivity contribution in [2.24, 2.45) is 11.8 Å². The van der Waals surface area contributed by atoms with Crippen molar-refractivity contribution in [3.8, 4) is 11.5 Å². The van der Waals surface area contributed by atoms with Gasteiger partial charge in [0.25, 0.3) is 0 Å². The molecule has 0 atom stereocenters. The van der Waals surface area contributed by atoms with Gasteiger partial charge in [0.15, 0.2) is 0 Å². The highest BCUT2D eigenvalue weighted by atomic mass is 16.5. The molecule has 0 bridgehead atoms. The number of carbonyl (C=O) groups excluding carboxylic acids is 4. The zero-order valence-electron chi connectivity index (χ0n) is 22.7. The largest absolute Gasteiger partial charge is 0.458 e. The van der Waals surface area contributed by atoms with Crippen molar-refractivity contribution in [2.75, 3.05) is 0 Å². The van der Waals surface area contributed by atoms with Crippen molar-refractivity contribution < 1.29 is 38.1 Å². The Hall–Kier alpha value is -4.20. The lowest BCUT2D eigenvalue weighted by atomic mass is 10.1. The molecule has 8 heteroatoms. The zero-order valence-corrected chi connectivity index (χ0v) is 22.7. The maximum Gasteiger partial charge on any atom is 0.330 e. The van der Waals surface area contributed by atoms with E-state index >= 15 is 0 Å². The molecule has 0 aliphatic heterocycles. The molecule has 0 amide bonds. The van der Waals surface area contributed by atoms with E-state index in [4.69, 9.17) is 18.9 Å². The van der Waals surface area contributed by atoms with Crippen LogP contribution in [0.1, 0.15) is 62.5 Å². The van der Waals surface area contributed by atoms with E-state index in [9.17, 15) is 19.2 Å². The van der Waals surface area contributed by atoms with Crippen LogP contribution in [0.15, 0.2) is 73.8 Å². The summed E-state index contributed by atoms with van der Waals surface area (Å²) in [6, 6.07) is 13.9. The maximum absolute atomic E-state index is 11.9. The van der Waals surface area contributed by atoms with Crippen LogP contribution in [0, 0.1) is 11.8 Å². The van der Waals surface area contributed by atoms with Crippen molar-refractivity contribution in [1.29, 1.82) is 0 Å². The fraction of sp³-hybridized carbons (Fsp3) is 0.375. The van der Waals surface area contributed by atoms with Crippen LogP contribution in [0.2, 0.25) is 0 Å². The predicted molar refractivity (Wildman–Crippen MR) is 148 cm³/mol. The minimum absolute atomic E-state index is 0.0447. The summed E-state index contributed by atoms with van der Waals surface area (Å²) in [4.78, 5) is 45.6. The number of rotatable bonds is 10. The second-order valence-corrected chi connectivity index (χ2v) is 9.72. The third kappa shape index (κ3) is 10.2. The fourth-order valence-corrected chi connectivity index (χ4v) is 4.46. The van der Waals surface area contributed by atoms with Gasteiger partial charge in [0.2, 0.25) is 0 Å². The number of hydrogen-bond donors (Lipinski definition) is 0. The average Bonchev–Trinajstić information content (AvgIpc) is 3.72. The SMILES string of the molecule is C=CC(=O)OCc1ccc(OC(=O)C2CCCC2)cc1.C=CC(=O)OCc1ccc(OC(=O)C2CCCC2)cc1. The van der Waals surface area contributed by atoms with Crippen LogP contribution in [0.3, 0.4) is 0 Å². The molecule has 0 aromatic heterocycles. The van der Waals surface area contributed by atoms with Gasteiger partial charge in [-0.1, -0.05) is 63.1 Å². The summed E-state index contributed by atoms with van der Waals surface area (Å²) in [5.41, 5.74) is 1.67. The summed E-state index contributed by atoms with van der Waals surface area (Å²) in [6.45, 7) is 7.02. The first kappa shape index (κ1) is 30.3. The van der Waals surface area contributed by atoms with Gasteiger partial charge in [0.1, 0.15) is 24.7 Å². The molecular formula is C32H36O8. The van der Waals surface area contributed by atoms with Gasteiger partial charge < -0.3 is 18.9 Å². The molecule has 0 N–H and O–H groups in total. The zero-order chi connectivity index (χ0) is 28.7. The van der Waals surface area contributed by atoms with Crippen LogP contribution >= 0.6 is 0 Å². The van der Waals surface area contributed by atoms with Crippen LogP contribution in [0.5, 0.6) is 11.5 Å².